The highest BCUT2D eigenvalue weighted by Gasteiger charge is 2.30. The van der Waals surface area contributed by atoms with E-state index in [2.05, 4.69) is 25.2 Å². The fourth-order valence-corrected chi connectivity index (χ4v) is 2.62. The average Bonchev–Trinajstić information content (AvgIpc) is 2.89. The topological polar surface area (TPSA) is 64.4 Å². The first kappa shape index (κ1) is 15.0. The number of nitrogens with one attached hydrogen (secondary N) is 1. The Hall–Kier alpha value is -1.39. The predicted octanol–water partition coefficient (Wildman–Crippen LogP) is 2.56. The van der Waals surface area contributed by atoms with E-state index in [1.807, 2.05) is 19.1 Å². The minimum Gasteiger partial charge on any atom is -0.364 e. The van der Waals surface area contributed by atoms with E-state index in [1.54, 1.807) is 0 Å². The Kier molecular flexibility index (Phi) is 4.78. The first-order chi connectivity index (χ1) is 9.52. The Morgan fingerprint density at radius 2 is 2.20 bits per heavy atom. The molecule has 0 spiro atoms. The molecular formula is C16H24N2O2. The zero-order chi connectivity index (χ0) is 14.7. The SMILES string of the molecule is Cc1cccc(C(C)C)c1NC(=O)C1CCC(CN)O1. The molecule has 1 amide bonds. The van der Waals surface area contributed by atoms with Gasteiger partial charge in [-0.05, 0) is 36.8 Å². The van der Waals surface area contributed by atoms with Crippen LogP contribution in [0.5, 0.6) is 0 Å². The molecule has 1 aromatic carbocycles. The van der Waals surface area contributed by atoms with Crippen LogP contribution in [0.3, 0.4) is 0 Å². The molecule has 2 rings (SSSR count). The van der Waals surface area contributed by atoms with Crippen molar-refractivity contribution in [1.82, 2.24) is 0 Å². The second-order valence-electron chi connectivity index (χ2n) is 5.74. The van der Waals surface area contributed by atoms with Crippen molar-refractivity contribution >= 4 is 11.6 Å². The molecule has 2 unspecified atom stereocenters. The summed E-state index contributed by atoms with van der Waals surface area (Å²) in [7, 11) is 0. The summed E-state index contributed by atoms with van der Waals surface area (Å²) in [5.41, 5.74) is 8.74. The fraction of sp³-hybridized carbons (Fsp3) is 0.562. The fourth-order valence-electron chi connectivity index (χ4n) is 2.62. The average molecular weight is 276 g/mol. The van der Waals surface area contributed by atoms with E-state index in [4.69, 9.17) is 10.5 Å². The molecular weight excluding hydrogens is 252 g/mol. The van der Waals surface area contributed by atoms with Crippen LogP contribution in [-0.2, 0) is 9.53 Å². The van der Waals surface area contributed by atoms with Gasteiger partial charge in [0.15, 0.2) is 0 Å². The Morgan fingerprint density at radius 1 is 1.45 bits per heavy atom. The van der Waals surface area contributed by atoms with Gasteiger partial charge in [0.2, 0.25) is 0 Å². The van der Waals surface area contributed by atoms with Crippen LogP contribution in [0.4, 0.5) is 5.69 Å². The largest absolute Gasteiger partial charge is 0.364 e. The Balaban J connectivity index is 2.12. The third-order valence-electron chi connectivity index (χ3n) is 3.84. The van der Waals surface area contributed by atoms with Crippen molar-refractivity contribution in [2.45, 2.75) is 51.7 Å². The zero-order valence-corrected chi connectivity index (χ0v) is 12.5. The van der Waals surface area contributed by atoms with Crippen molar-refractivity contribution in [1.29, 1.82) is 0 Å². The van der Waals surface area contributed by atoms with Gasteiger partial charge in [0.25, 0.3) is 5.91 Å². The van der Waals surface area contributed by atoms with Gasteiger partial charge in [-0.25, -0.2) is 0 Å². The maximum atomic E-state index is 12.3. The number of hydrogen-bond acceptors (Lipinski definition) is 3. The predicted molar refractivity (Wildman–Crippen MR) is 80.8 cm³/mol. The standard InChI is InChI=1S/C16H24N2O2/c1-10(2)13-6-4-5-11(3)15(13)18-16(19)14-8-7-12(9-17)20-14/h4-6,10,12,14H,7-9,17H2,1-3H3,(H,18,19). The van der Waals surface area contributed by atoms with Crippen LogP contribution in [0.1, 0.15) is 43.7 Å². The number of hydrogen-bond donors (Lipinski definition) is 2. The van der Waals surface area contributed by atoms with E-state index in [0.29, 0.717) is 12.5 Å². The van der Waals surface area contributed by atoms with E-state index >= 15 is 0 Å². The monoisotopic (exact) mass is 276 g/mol. The molecule has 0 bridgehead atoms. The van der Waals surface area contributed by atoms with Crippen LogP contribution in [0.25, 0.3) is 0 Å². The van der Waals surface area contributed by atoms with E-state index in [-0.39, 0.29) is 18.1 Å². The van der Waals surface area contributed by atoms with Crippen LogP contribution < -0.4 is 11.1 Å². The van der Waals surface area contributed by atoms with Gasteiger partial charge in [0.1, 0.15) is 6.10 Å². The van der Waals surface area contributed by atoms with Crippen molar-refractivity contribution in [2.24, 2.45) is 5.73 Å². The number of amides is 1. The minimum absolute atomic E-state index is 0.0205. The second kappa shape index (κ2) is 6.37. The molecule has 3 N–H and O–H groups in total. The van der Waals surface area contributed by atoms with Crippen LogP contribution in [-0.4, -0.2) is 24.7 Å². The molecule has 20 heavy (non-hydrogen) atoms. The Labute approximate surface area is 120 Å². The molecule has 1 heterocycles. The van der Waals surface area contributed by atoms with E-state index in [1.165, 1.54) is 0 Å². The number of nitrogens with two attached hydrogens (primary N) is 1. The van der Waals surface area contributed by atoms with Gasteiger partial charge in [-0.1, -0.05) is 32.0 Å². The smallest absolute Gasteiger partial charge is 0.253 e. The number of aryl methyl sites for hydroxylation is 1. The summed E-state index contributed by atoms with van der Waals surface area (Å²) in [5, 5.41) is 3.04. The number of para-hydroxylation sites is 1. The van der Waals surface area contributed by atoms with E-state index < -0.39 is 0 Å². The second-order valence-corrected chi connectivity index (χ2v) is 5.74. The van der Waals surface area contributed by atoms with Gasteiger partial charge in [0.05, 0.1) is 6.10 Å². The maximum absolute atomic E-state index is 12.3. The lowest BCUT2D eigenvalue weighted by Gasteiger charge is -2.18. The summed E-state index contributed by atoms with van der Waals surface area (Å²) < 4.78 is 5.65. The quantitative estimate of drug-likeness (QED) is 0.888. The maximum Gasteiger partial charge on any atom is 0.253 e. The van der Waals surface area contributed by atoms with Gasteiger partial charge < -0.3 is 15.8 Å². The van der Waals surface area contributed by atoms with Crippen LogP contribution in [0.15, 0.2) is 18.2 Å². The summed E-state index contributed by atoms with van der Waals surface area (Å²) in [6, 6.07) is 6.10. The summed E-state index contributed by atoms with van der Waals surface area (Å²) in [6.07, 6.45) is 1.26. The number of anilines is 1. The summed E-state index contributed by atoms with van der Waals surface area (Å²) in [4.78, 5) is 12.3. The molecule has 0 aliphatic carbocycles. The molecule has 1 saturated heterocycles. The number of carbonyl (C=O) groups is 1. The van der Waals surface area contributed by atoms with Crippen molar-refractivity contribution in [2.75, 3.05) is 11.9 Å². The molecule has 4 nitrogen and oxygen atoms in total. The van der Waals surface area contributed by atoms with E-state index in [0.717, 1.165) is 29.7 Å². The molecule has 110 valence electrons. The molecule has 2 atom stereocenters. The number of ether oxygens (including phenoxy) is 1. The molecule has 1 aliphatic heterocycles. The molecule has 0 saturated carbocycles. The summed E-state index contributed by atoms with van der Waals surface area (Å²) >= 11 is 0. The van der Waals surface area contributed by atoms with Crippen LogP contribution in [0, 0.1) is 6.92 Å². The normalized spacial score (nSPS) is 22.2. The van der Waals surface area contributed by atoms with Gasteiger partial charge in [-0.15, -0.1) is 0 Å². The molecule has 0 aromatic heterocycles. The number of benzene rings is 1. The van der Waals surface area contributed by atoms with Gasteiger partial charge in [0, 0.05) is 12.2 Å². The first-order valence-corrected chi connectivity index (χ1v) is 7.28. The third kappa shape index (κ3) is 3.19. The van der Waals surface area contributed by atoms with Crippen molar-refractivity contribution in [3.8, 4) is 0 Å². The lowest BCUT2D eigenvalue weighted by Crippen LogP contribution is -2.30. The Bertz CT molecular complexity index is 485. The number of rotatable bonds is 4. The highest BCUT2D eigenvalue weighted by Crippen LogP contribution is 2.28. The lowest BCUT2D eigenvalue weighted by atomic mass is 9.98. The van der Waals surface area contributed by atoms with Crippen molar-refractivity contribution in [3.63, 3.8) is 0 Å². The van der Waals surface area contributed by atoms with E-state index in [9.17, 15) is 4.79 Å². The molecule has 1 aromatic rings. The van der Waals surface area contributed by atoms with Crippen LogP contribution in [0.2, 0.25) is 0 Å². The van der Waals surface area contributed by atoms with Gasteiger partial charge in [-0.3, -0.25) is 4.79 Å². The highest BCUT2D eigenvalue weighted by atomic mass is 16.5. The van der Waals surface area contributed by atoms with Gasteiger partial charge >= 0.3 is 0 Å². The zero-order valence-electron chi connectivity index (χ0n) is 12.5. The van der Waals surface area contributed by atoms with Crippen molar-refractivity contribution < 1.29 is 9.53 Å². The summed E-state index contributed by atoms with van der Waals surface area (Å²) in [5.74, 6) is 0.309. The lowest BCUT2D eigenvalue weighted by molar-refractivity contribution is -0.126. The first-order valence-electron chi connectivity index (χ1n) is 7.28. The molecule has 4 heteroatoms. The summed E-state index contributed by atoms with van der Waals surface area (Å²) in [6.45, 7) is 6.74. The highest BCUT2D eigenvalue weighted by molar-refractivity contribution is 5.95. The molecule has 1 fully saturated rings. The third-order valence-corrected chi connectivity index (χ3v) is 3.84. The Morgan fingerprint density at radius 3 is 2.80 bits per heavy atom. The van der Waals surface area contributed by atoms with Gasteiger partial charge in [-0.2, -0.15) is 0 Å². The molecule has 0 radical (unpaired) electrons. The minimum atomic E-state index is -0.372. The molecule has 1 aliphatic rings. The van der Waals surface area contributed by atoms with Crippen LogP contribution >= 0.6 is 0 Å². The van der Waals surface area contributed by atoms with Crippen molar-refractivity contribution in [3.05, 3.63) is 29.3 Å². The number of carbonyl (C=O) groups excluding carboxylic acids is 1.